The molecule has 8 heteroatoms. The Morgan fingerprint density at radius 1 is 1.05 bits per heavy atom. The smallest absolute Gasteiger partial charge is 0.249 e. The lowest BCUT2D eigenvalue weighted by atomic mass is 9.97. The molecule has 0 fully saturated rings. The number of nitrogens with zero attached hydrogens (tertiary/aromatic N) is 4. The summed E-state index contributed by atoms with van der Waals surface area (Å²) in [6.07, 6.45) is 0. The molecule has 1 aliphatic heterocycles. The molecule has 1 aliphatic rings. The van der Waals surface area contributed by atoms with E-state index in [1.54, 1.807) is 22.5 Å². The number of thioether (sulfide) groups is 1. The topological polar surface area (TPSA) is 91.0 Å². The molecule has 3 aromatic carbocycles. The molecule has 2 heterocycles. The lowest BCUT2D eigenvalue weighted by Gasteiger charge is -2.18. The Bertz CT molecular complexity index is 1520. The summed E-state index contributed by atoms with van der Waals surface area (Å²) < 4.78 is 1.75. The van der Waals surface area contributed by atoms with Crippen molar-refractivity contribution in [1.82, 2.24) is 14.7 Å². The minimum absolute atomic E-state index is 0.157. The fourth-order valence-corrected chi connectivity index (χ4v) is 5.52. The number of benzene rings is 3. The minimum Gasteiger partial charge on any atom is -0.324 e. The van der Waals surface area contributed by atoms with Crippen molar-refractivity contribution >= 4 is 29.1 Å². The van der Waals surface area contributed by atoms with Gasteiger partial charge in [-0.1, -0.05) is 54.6 Å². The summed E-state index contributed by atoms with van der Waals surface area (Å²) in [5.74, 6) is -2.27. The number of ketones is 1. The summed E-state index contributed by atoms with van der Waals surface area (Å²) in [7, 11) is 3.87. The summed E-state index contributed by atoms with van der Waals surface area (Å²) in [6, 6.07) is 26.9. The molecule has 1 N–H and O–H groups in total. The number of anilines is 1. The van der Waals surface area contributed by atoms with Gasteiger partial charge in [-0.25, -0.2) is 4.68 Å². The van der Waals surface area contributed by atoms with Crippen molar-refractivity contribution in [2.24, 2.45) is 5.92 Å². The first-order chi connectivity index (χ1) is 18.0. The molecular formula is C29H25N5O2S. The molecule has 1 atom stereocenters. The summed E-state index contributed by atoms with van der Waals surface area (Å²) in [5, 5.41) is 17.4. The van der Waals surface area contributed by atoms with Gasteiger partial charge in [-0.2, -0.15) is 10.4 Å². The third-order valence-corrected chi connectivity index (χ3v) is 7.25. The van der Waals surface area contributed by atoms with Crippen LogP contribution in [0.5, 0.6) is 0 Å². The number of carbonyl (C=O) groups is 2. The average Bonchev–Trinajstić information content (AvgIpc) is 3.31. The molecule has 4 aromatic rings. The fourth-order valence-electron chi connectivity index (χ4n) is 4.45. The van der Waals surface area contributed by atoms with Gasteiger partial charge in [-0.05, 0) is 43.9 Å². The van der Waals surface area contributed by atoms with E-state index in [4.69, 9.17) is 5.10 Å². The monoisotopic (exact) mass is 507 g/mol. The quantitative estimate of drug-likeness (QED) is 0.274. The number of amides is 1. The average molecular weight is 508 g/mol. The number of hydrogen-bond donors (Lipinski definition) is 1. The first-order valence-electron chi connectivity index (χ1n) is 11.8. The number of nitriles is 1. The Morgan fingerprint density at radius 3 is 2.51 bits per heavy atom. The molecule has 7 nitrogen and oxygen atoms in total. The normalized spacial score (nSPS) is 12.8. The van der Waals surface area contributed by atoms with Crippen molar-refractivity contribution in [3.8, 4) is 23.0 Å². The van der Waals surface area contributed by atoms with Crippen LogP contribution in [0.3, 0.4) is 0 Å². The second-order valence-electron chi connectivity index (χ2n) is 9.02. The van der Waals surface area contributed by atoms with Crippen LogP contribution in [0, 0.1) is 17.2 Å². The molecule has 0 spiro atoms. The lowest BCUT2D eigenvalue weighted by molar-refractivity contribution is -0.117. The van der Waals surface area contributed by atoms with Crippen molar-refractivity contribution < 1.29 is 9.59 Å². The Kier molecular flexibility index (Phi) is 6.91. The van der Waals surface area contributed by atoms with Crippen molar-refractivity contribution in [2.75, 3.05) is 19.4 Å². The summed E-state index contributed by atoms with van der Waals surface area (Å²) in [5.41, 5.74) is 4.95. The number of Topliss-reactive ketones (excluding diaryl/α,β-unsaturated/α-hetero) is 1. The van der Waals surface area contributed by atoms with E-state index in [1.807, 2.05) is 97.9 Å². The predicted molar refractivity (Wildman–Crippen MR) is 144 cm³/mol. The highest BCUT2D eigenvalue weighted by molar-refractivity contribution is 7.98. The molecule has 1 amide bonds. The van der Waals surface area contributed by atoms with Crippen LogP contribution < -0.4 is 5.32 Å². The zero-order valence-corrected chi connectivity index (χ0v) is 21.3. The molecule has 1 unspecified atom stereocenters. The molecule has 37 heavy (non-hydrogen) atoms. The zero-order valence-electron chi connectivity index (χ0n) is 20.5. The van der Waals surface area contributed by atoms with Gasteiger partial charge in [0.2, 0.25) is 11.7 Å². The molecule has 184 valence electrons. The maximum atomic E-state index is 13.7. The lowest BCUT2D eigenvalue weighted by Crippen LogP contribution is -2.30. The van der Waals surface area contributed by atoms with Gasteiger partial charge in [0.15, 0.2) is 5.92 Å². The number of hydrogen-bond acceptors (Lipinski definition) is 6. The van der Waals surface area contributed by atoms with Crippen LogP contribution in [-0.2, 0) is 17.1 Å². The first kappa shape index (κ1) is 24.5. The maximum absolute atomic E-state index is 13.7. The summed E-state index contributed by atoms with van der Waals surface area (Å²) in [6.45, 7) is 0.604. The van der Waals surface area contributed by atoms with Gasteiger partial charge in [0, 0.05) is 34.0 Å². The highest BCUT2D eigenvalue weighted by Gasteiger charge is 2.35. The van der Waals surface area contributed by atoms with E-state index in [-0.39, 0.29) is 5.69 Å². The van der Waals surface area contributed by atoms with E-state index < -0.39 is 17.6 Å². The van der Waals surface area contributed by atoms with E-state index in [9.17, 15) is 14.9 Å². The second-order valence-corrected chi connectivity index (χ2v) is 10.0. The number of carbonyl (C=O) groups excluding carboxylic acids is 2. The molecule has 0 saturated heterocycles. The summed E-state index contributed by atoms with van der Waals surface area (Å²) >= 11 is 1.62. The van der Waals surface area contributed by atoms with E-state index in [0.717, 1.165) is 33.0 Å². The third kappa shape index (κ3) is 4.79. The standard InChI is InChI=1S/C29H25N5O2S/c1-33(2)17-19-10-6-8-14-24(19)31-29(36)22(16-30)28(35)26-23-18-37-25-15-9-7-13-21(25)27(23)34(32-26)20-11-4-3-5-12-20/h3-15,22H,17-18H2,1-2H3,(H,31,36). The van der Waals surface area contributed by atoms with Gasteiger partial charge in [-0.3, -0.25) is 9.59 Å². The van der Waals surface area contributed by atoms with Crippen LogP contribution in [0.2, 0.25) is 0 Å². The number of para-hydroxylation sites is 2. The SMILES string of the molecule is CN(C)Cc1ccccc1NC(=O)C(C#N)C(=O)c1nn(-c2ccccc2)c2c1CSc1ccccc1-2. The van der Waals surface area contributed by atoms with Crippen molar-refractivity contribution in [2.45, 2.75) is 17.2 Å². The number of aromatic nitrogens is 2. The van der Waals surface area contributed by atoms with Crippen LogP contribution in [0.25, 0.3) is 16.9 Å². The Morgan fingerprint density at radius 2 is 1.76 bits per heavy atom. The van der Waals surface area contributed by atoms with E-state index in [0.29, 0.717) is 18.0 Å². The van der Waals surface area contributed by atoms with Crippen molar-refractivity contribution in [3.05, 3.63) is 95.7 Å². The van der Waals surface area contributed by atoms with E-state index >= 15 is 0 Å². The largest absolute Gasteiger partial charge is 0.324 e. The van der Waals surface area contributed by atoms with Gasteiger partial charge in [0.05, 0.1) is 17.5 Å². The van der Waals surface area contributed by atoms with Crippen molar-refractivity contribution in [3.63, 3.8) is 0 Å². The molecular weight excluding hydrogens is 482 g/mol. The molecule has 5 rings (SSSR count). The molecule has 0 aliphatic carbocycles. The molecule has 0 radical (unpaired) electrons. The molecule has 1 aromatic heterocycles. The summed E-state index contributed by atoms with van der Waals surface area (Å²) in [4.78, 5) is 30.0. The van der Waals surface area contributed by atoms with Crippen LogP contribution in [0.15, 0.2) is 83.8 Å². The first-order valence-corrected chi connectivity index (χ1v) is 12.8. The van der Waals surface area contributed by atoms with Gasteiger partial charge in [-0.15, -0.1) is 11.8 Å². The Labute approximate surface area is 219 Å². The van der Waals surface area contributed by atoms with Crippen molar-refractivity contribution in [1.29, 1.82) is 5.26 Å². The van der Waals surface area contributed by atoms with Crippen LogP contribution in [-0.4, -0.2) is 40.5 Å². The number of fused-ring (bicyclic) bond motifs is 3. The van der Waals surface area contributed by atoms with Gasteiger partial charge in [0.1, 0.15) is 5.69 Å². The molecule has 0 saturated carbocycles. The number of nitrogens with one attached hydrogen (secondary N) is 1. The highest BCUT2D eigenvalue weighted by Crippen LogP contribution is 2.44. The zero-order chi connectivity index (χ0) is 25.9. The van der Waals surface area contributed by atoms with Crippen LogP contribution in [0.1, 0.15) is 21.6 Å². The minimum atomic E-state index is -1.53. The highest BCUT2D eigenvalue weighted by atomic mass is 32.2. The second kappa shape index (κ2) is 10.4. The maximum Gasteiger partial charge on any atom is 0.249 e. The van der Waals surface area contributed by atoms with Gasteiger partial charge >= 0.3 is 0 Å². The fraction of sp³-hybridized carbons (Fsp3) is 0.172. The van der Waals surface area contributed by atoms with Crippen LogP contribution >= 0.6 is 11.8 Å². The predicted octanol–water partition coefficient (Wildman–Crippen LogP) is 5.17. The van der Waals surface area contributed by atoms with Gasteiger partial charge in [0.25, 0.3) is 0 Å². The third-order valence-electron chi connectivity index (χ3n) is 6.15. The molecule has 0 bridgehead atoms. The number of rotatable bonds is 7. The van der Waals surface area contributed by atoms with E-state index in [2.05, 4.69) is 5.32 Å². The van der Waals surface area contributed by atoms with E-state index in [1.165, 1.54) is 0 Å². The Balaban J connectivity index is 1.53. The van der Waals surface area contributed by atoms with Crippen LogP contribution in [0.4, 0.5) is 5.69 Å². The van der Waals surface area contributed by atoms with Gasteiger partial charge < -0.3 is 10.2 Å². The Hall–Kier alpha value is -4.19.